The highest BCUT2D eigenvalue weighted by Gasteiger charge is 2.20. The topological polar surface area (TPSA) is 51.8 Å². The Balaban J connectivity index is 3.15. The zero-order valence-electron chi connectivity index (χ0n) is 11.7. The van der Waals surface area contributed by atoms with Crippen molar-refractivity contribution in [2.24, 2.45) is 5.73 Å². The second kappa shape index (κ2) is 5.58. The Morgan fingerprint density at radius 2 is 2.00 bits per heavy atom. The molecule has 1 heterocycles. The summed E-state index contributed by atoms with van der Waals surface area (Å²) in [6.07, 6.45) is 4.21. The van der Waals surface area contributed by atoms with Gasteiger partial charge in [-0.05, 0) is 12.3 Å². The molecule has 2 N–H and O–H groups in total. The summed E-state index contributed by atoms with van der Waals surface area (Å²) >= 11 is 0. The maximum atomic E-state index is 5.76. The molecule has 0 aromatic carbocycles. The standard InChI is InChI=1S/C14H25N3/c1-6-7-10(2)12-11(8-15)9-16-13(17-12)14(3,4)5/h9-10H,6-8,15H2,1-5H3. The molecule has 1 atom stereocenters. The second-order valence-electron chi connectivity index (χ2n) is 5.75. The molecule has 3 heteroatoms. The number of rotatable bonds is 4. The molecular weight excluding hydrogens is 210 g/mol. The summed E-state index contributed by atoms with van der Waals surface area (Å²) in [5.74, 6) is 1.37. The van der Waals surface area contributed by atoms with Gasteiger partial charge in [-0.1, -0.05) is 41.0 Å². The highest BCUT2D eigenvalue weighted by atomic mass is 14.9. The molecule has 0 aliphatic carbocycles. The van der Waals surface area contributed by atoms with Crippen LogP contribution in [0.3, 0.4) is 0 Å². The first-order chi connectivity index (χ1) is 7.90. The number of aromatic nitrogens is 2. The summed E-state index contributed by atoms with van der Waals surface area (Å²) < 4.78 is 0. The van der Waals surface area contributed by atoms with E-state index in [2.05, 4.69) is 39.6 Å². The Kier molecular flexibility index (Phi) is 4.63. The van der Waals surface area contributed by atoms with Gasteiger partial charge >= 0.3 is 0 Å². The first kappa shape index (κ1) is 14.1. The molecule has 0 saturated heterocycles. The van der Waals surface area contributed by atoms with Crippen molar-refractivity contribution in [2.45, 2.75) is 65.3 Å². The van der Waals surface area contributed by atoms with Crippen LogP contribution >= 0.6 is 0 Å². The van der Waals surface area contributed by atoms with Crippen LogP contribution in [0, 0.1) is 0 Å². The van der Waals surface area contributed by atoms with E-state index in [-0.39, 0.29) is 5.41 Å². The summed E-state index contributed by atoms with van der Waals surface area (Å²) in [6, 6.07) is 0. The molecule has 1 unspecified atom stereocenters. The molecule has 3 nitrogen and oxygen atoms in total. The minimum Gasteiger partial charge on any atom is -0.326 e. The third-order valence-electron chi connectivity index (χ3n) is 2.98. The maximum Gasteiger partial charge on any atom is 0.133 e. The van der Waals surface area contributed by atoms with Crippen molar-refractivity contribution >= 4 is 0 Å². The zero-order chi connectivity index (χ0) is 13.1. The Hall–Kier alpha value is -0.960. The third-order valence-corrected chi connectivity index (χ3v) is 2.98. The molecule has 0 radical (unpaired) electrons. The SMILES string of the molecule is CCCC(C)c1nc(C(C)(C)C)ncc1CN. The predicted molar refractivity (Wildman–Crippen MR) is 71.9 cm³/mol. The predicted octanol–water partition coefficient (Wildman–Crippen LogP) is 3.14. The lowest BCUT2D eigenvalue weighted by atomic mass is 9.93. The Morgan fingerprint density at radius 1 is 1.35 bits per heavy atom. The van der Waals surface area contributed by atoms with E-state index in [9.17, 15) is 0 Å². The Morgan fingerprint density at radius 3 is 2.47 bits per heavy atom. The third kappa shape index (κ3) is 3.50. The zero-order valence-corrected chi connectivity index (χ0v) is 11.7. The fourth-order valence-corrected chi connectivity index (χ4v) is 1.94. The molecule has 0 aliphatic heterocycles. The quantitative estimate of drug-likeness (QED) is 0.872. The van der Waals surface area contributed by atoms with E-state index in [1.54, 1.807) is 0 Å². The van der Waals surface area contributed by atoms with E-state index in [0.717, 1.165) is 23.5 Å². The first-order valence-corrected chi connectivity index (χ1v) is 6.46. The molecule has 1 aromatic heterocycles. The van der Waals surface area contributed by atoms with Gasteiger partial charge < -0.3 is 5.73 Å². The van der Waals surface area contributed by atoms with E-state index in [1.165, 1.54) is 6.42 Å². The van der Waals surface area contributed by atoms with E-state index >= 15 is 0 Å². The van der Waals surface area contributed by atoms with Crippen molar-refractivity contribution in [3.63, 3.8) is 0 Å². The fourth-order valence-electron chi connectivity index (χ4n) is 1.94. The van der Waals surface area contributed by atoms with Crippen LogP contribution in [0.15, 0.2) is 6.20 Å². The van der Waals surface area contributed by atoms with Crippen LogP contribution in [-0.4, -0.2) is 9.97 Å². The van der Waals surface area contributed by atoms with Crippen LogP contribution in [0.1, 0.15) is 70.5 Å². The van der Waals surface area contributed by atoms with E-state index in [0.29, 0.717) is 12.5 Å². The molecule has 0 fully saturated rings. The number of hydrogen-bond donors (Lipinski definition) is 1. The highest BCUT2D eigenvalue weighted by molar-refractivity contribution is 5.22. The van der Waals surface area contributed by atoms with Crippen LogP contribution in [0.4, 0.5) is 0 Å². The molecule has 0 amide bonds. The highest BCUT2D eigenvalue weighted by Crippen LogP contribution is 2.25. The van der Waals surface area contributed by atoms with Gasteiger partial charge in [-0.15, -0.1) is 0 Å². The Bertz CT molecular complexity index is 366. The van der Waals surface area contributed by atoms with E-state index in [1.807, 2.05) is 6.20 Å². The van der Waals surface area contributed by atoms with Crippen molar-refractivity contribution in [3.8, 4) is 0 Å². The van der Waals surface area contributed by atoms with Crippen LogP contribution in [0.5, 0.6) is 0 Å². The lowest BCUT2D eigenvalue weighted by molar-refractivity contribution is 0.530. The summed E-state index contributed by atoms with van der Waals surface area (Å²) in [5.41, 5.74) is 7.97. The summed E-state index contributed by atoms with van der Waals surface area (Å²) in [5, 5.41) is 0. The number of hydrogen-bond acceptors (Lipinski definition) is 3. The summed E-state index contributed by atoms with van der Waals surface area (Å²) in [4.78, 5) is 9.18. The van der Waals surface area contributed by atoms with Gasteiger partial charge in [0.05, 0.1) is 5.69 Å². The minimum atomic E-state index is -0.00614. The van der Waals surface area contributed by atoms with Gasteiger partial charge in [0.15, 0.2) is 0 Å². The van der Waals surface area contributed by atoms with Crippen LogP contribution in [0.2, 0.25) is 0 Å². The van der Waals surface area contributed by atoms with Crippen molar-refractivity contribution in [2.75, 3.05) is 0 Å². The molecule has 1 rings (SSSR count). The van der Waals surface area contributed by atoms with Gasteiger partial charge in [0.25, 0.3) is 0 Å². The molecular formula is C14H25N3. The molecule has 0 bridgehead atoms. The summed E-state index contributed by atoms with van der Waals surface area (Å²) in [7, 11) is 0. The van der Waals surface area contributed by atoms with Gasteiger partial charge in [-0.25, -0.2) is 9.97 Å². The van der Waals surface area contributed by atoms with E-state index < -0.39 is 0 Å². The summed E-state index contributed by atoms with van der Waals surface area (Å²) in [6.45, 7) is 11.4. The molecule has 0 aliphatic rings. The normalized spacial score (nSPS) is 13.8. The fraction of sp³-hybridized carbons (Fsp3) is 0.714. The first-order valence-electron chi connectivity index (χ1n) is 6.46. The van der Waals surface area contributed by atoms with Gasteiger partial charge in [0.1, 0.15) is 5.82 Å². The Labute approximate surface area is 105 Å². The molecule has 1 aromatic rings. The largest absolute Gasteiger partial charge is 0.326 e. The van der Waals surface area contributed by atoms with Gasteiger partial charge in [-0.3, -0.25) is 0 Å². The lowest BCUT2D eigenvalue weighted by Crippen LogP contribution is -2.19. The molecule has 17 heavy (non-hydrogen) atoms. The van der Waals surface area contributed by atoms with Crippen molar-refractivity contribution in [3.05, 3.63) is 23.3 Å². The minimum absolute atomic E-state index is 0.00614. The van der Waals surface area contributed by atoms with Crippen LogP contribution in [0.25, 0.3) is 0 Å². The van der Waals surface area contributed by atoms with Gasteiger partial charge in [0.2, 0.25) is 0 Å². The van der Waals surface area contributed by atoms with Gasteiger partial charge in [-0.2, -0.15) is 0 Å². The van der Waals surface area contributed by atoms with Crippen molar-refractivity contribution in [1.29, 1.82) is 0 Å². The second-order valence-corrected chi connectivity index (χ2v) is 5.75. The molecule has 96 valence electrons. The van der Waals surface area contributed by atoms with Crippen LogP contribution in [-0.2, 0) is 12.0 Å². The molecule has 0 spiro atoms. The maximum absolute atomic E-state index is 5.76. The van der Waals surface area contributed by atoms with Crippen molar-refractivity contribution in [1.82, 2.24) is 9.97 Å². The average molecular weight is 235 g/mol. The number of nitrogens with two attached hydrogens (primary N) is 1. The van der Waals surface area contributed by atoms with Gasteiger partial charge in [0, 0.05) is 23.7 Å². The lowest BCUT2D eigenvalue weighted by Gasteiger charge is -2.20. The smallest absolute Gasteiger partial charge is 0.133 e. The monoisotopic (exact) mass is 235 g/mol. The number of nitrogens with zero attached hydrogens (tertiary/aromatic N) is 2. The van der Waals surface area contributed by atoms with E-state index in [4.69, 9.17) is 10.7 Å². The molecule has 0 saturated carbocycles. The average Bonchev–Trinajstić information content (AvgIpc) is 2.27. The van der Waals surface area contributed by atoms with Crippen LogP contribution < -0.4 is 5.73 Å². The van der Waals surface area contributed by atoms with Crippen molar-refractivity contribution < 1.29 is 0 Å².